The molecule has 0 aliphatic carbocycles. The summed E-state index contributed by atoms with van der Waals surface area (Å²) in [5, 5.41) is 0. The van der Waals surface area contributed by atoms with E-state index in [9.17, 15) is 0 Å². The van der Waals surface area contributed by atoms with Crippen molar-refractivity contribution in [3.8, 4) is 0 Å². The fourth-order valence-corrected chi connectivity index (χ4v) is 1.09. The highest BCUT2D eigenvalue weighted by atomic mass is 16.5. The van der Waals surface area contributed by atoms with Gasteiger partial charge in [0.15, 0.2) is 0 Å². The lowest BCUT2D eigenvalue weighted by Gasteiger charge is -1.95. The van der Waals surface area contributed by atoms with Gasteiger partial charge < -0.3 is 4.74 Å². The summed E-state index contributed by atoms with van der Waals surface area (Å²) >= 11 is 0. The Morgan fingerprint density at radius 2 is 1.73 bits per heavy atom. The molecule has 0 aromatic rings. The van der Waals surface area contributed by atoms with E-state index in [4.69, 9.17) is 4.74 Å². The van der Waals surface area contributed by atoms with Crippen LogP contribution >= 0.6 is 0 Å². The van der Waals surface area contributed by atoms with Crippen LogP contribution in [-0.2, 0) is 4.74 Å². The maximum Gasteiger partial charge on any atom is 0.0466 e. The van der Waals surface area contributed by atoms with Crippen LogP contribution in [0.3, 0.4) is 0 Å². The number of ether oxygens (including phenoxy) is 1. The summed E-state index contributed by atoms with van der Waals surface area (Å²) in [4.78, 5) is 0. The third-order valence-corrected chi connectivity index (χ3v) is 1.69. The Balaban J connectivity index is 0.000000183. The Morgan fingerprint density at radius 3 is 1.82 bits per heavy atom. The van der Waals surface area contributed by atoms with Crippen molar-refractivity contribution in [3.63, 3.8) is 0 Å². The third kappa shape index (κ3) is 9.96. The second-order valence-corrected chi connectivity index (χ2v) is 3.50. The second-order valence-electron chi connectivity index (χ2n) is 3.50. The molecule has 0 N–H and O–H groups in total. The maximum absolute atomic E-state index is 4.94. The van der Waals surface area contributed by atoms with E-state index < -0.39 is 0 Å². The number of hydrogen-bond acceptors (Lipinski definition) is 1. The summed E-state index contributed by atoms with van der Waals surface area (Å²) in [5.41, 5.74) is 0. The van der Waals surface area contributed by atoms with E-state index in [2.05, 4.69) is 20.8 Å². The third-order valence-electron chi connectivity index (χ3n) is 1.69. The zero-order valence-corrected chi connectivity index (χ0v) is 8.23. The molecule has 1 aliphatic rings. The van der Waals surface area contributed by atoms with Gasteiger partial charge in [-0.2, -0.15) is 0 Å². The molecule has 1 heteroatoms. The topological polar surface area (TPSA) is 9.23 Å². The highest BCUT2D eigenvalue weighted by Gasteiger charge is 1.94. The fourth-order valence-electron chi connectivity index (χ4n) is 1.09. The van der Waals surface area contributed by atoms with Crippen LogP contribution in [-0.4, -0.2) is 13.2 Å². The largest absolute Gasteiger partial charge is 0.381 e. The highest BCUT2D eigenvalue weighted by Crippen LogP contribution is 2.00. The molecule has 0 unspecified atom stereocenters. The second kappa shape index (κ2) is 8.06. The van der Waals surface area contributed by atoms with Gasteiger partial charge in [0.05, 0.1) is 0 Å². The molecule has 0 amide bonds. The fraction of sp³-hybridized carbons (Fsp3) is 1.00. The molecule has 0 atom stereocenters. The van der Waals surface area contributed by atoms with Crippen molar-refractivity contribution in [2.75, 3.05) is 13.2 Å². The predicted octanol–water partition coefficient (Wildman–Crippen LogP) is 3.24. The molecule has 68 valence electrons. The monoisotopic (exact) mass is 158 g/mol. The molecule has 1 aliphatic heterocycles. The average molecular weight is 158 g/mol. The van der Waals surface area contributed by atoms with E-state index in [-0.39, 0.29) is 0 Å². The van der Waals surface area contributed by atoms with Crippen molar-refractivity contribution in [3.05, 3.63) is 0 Å². The molecule has 0 aromatic carbocycles. The Labute approximate surface area is 71.1 Å². The van der Waals surface area contributed by atoms with E-state index in [0.29, 0.717) is 0 Å². The van der Waals surface area contributed by atoms with Gasteiger partial charge in [0.2, 0.25) is 0 Å². The van der Waals surface area contributed by atoms with Crippen molar-refractivity contribution in [2.24, 2.45) is 5.92 Å². The average Bonchev–Trinajstić information content (AvgIpc) is 2.41. The Bertz CT molecular complexity index is 57.7. The van der Waals surface area contributed by atoms with Crippen LogP contribution in [0.1, 0.15) is 46.5 Å². The van der Waals surface area contributed by atoms with Gasteiger partial charge in [0.25, 0.3) is 0 Å². The minimum Gasteiger partial charge on any atom is -0.381 e. The molecule has 1 nitrogen and oxygen atoms in total. The Kier molecular flexibility index (Phi) is 8.03. The van der Waals surface area contributed by atoms with Crippen molar-refractivity contribution < 1.29 is 4.74 Å². The summed E-state index contributed by atoms with van der Waals surface area (Å²) in [6.07, 6.45) is 5.26. The minimum atomic E-state index is 0.898. The van der Waals surface area contributed by atoms with Crippen LogP contribution in [0.4, 0.5) is 0 Å². The Hall–Kier alpha value is -0.0400. The van der Waals surface area contributed by atoms with Gasteiger partial charge in [-0.1, -0.05) is 33.6 Å². The Morgan fingerprint density at radius 1 is 1.18 bits per heavy atom. The van der Waals surface area contributed by atoms with E-state index >= 15 is 0 Å². The summed E-state index contributed by atoms with van der Waals surface area (Å²) in [7, 11) is 0. The van der Waals surface area contributed by atoms with Gasteiger partial charge in [-0.25, -0.2) is 0 Å². The first-order chi connectivity index (χ1) is 5.27. The molecule has 0 saturated carbocycles. The van der Waals surface area contributed by atoms with Crippen LogP contribution in [0.15, 0.2) is 0 Å². The first-order valence-corrected chi connectivity index (χ1v) is 4.85. The lowest BCUT2D eigenvalue weighted by atomic mass is 10.1. The minimum absolute atomic E-state index is 0.898. The molecule has 1 fully saturated rings. The summed E-state index contributed by atoms with van der Waals surface area (Å²) < 4.78 is 4.94. The van der Waals surface area contributed by atoms with Gasteiger partial charge in [-0.15, -0.1) is 0 Å². The standard InChI is InChI=1S/C6H14.C4H8O/c1-4-5-6(2)3;1-2-4-5-3-1/h6H,4-5H2,1-3H3;1-4H2. The smallest absolute Gasteiger partial charge is 0.0466 e. The van der Waals surface area contributed by atoms with Crippen LogP contribution in [0, 0.1) is 5.92 Å². The van der Waals surface area contributed by atoms with Crippen molar-refractivity contribution >= 4 is 0 Å². The van der Waals surface area contributed by atoms with Crippen LogP contribution in [0.25, 0.3) is 0 Å². The van der Waals surface area contributed by atoms with Crippen LogP contribution < -0.4 is 0 Å². The first-order valence-electron chi connectivity index (χ1n) is 4.85. The summed E-state index contributed by atoms with van der Waals surface area (Å²) in [6, 6.07) is 0. The molecule has 0 spiro atoms. The van der Waals surface area contributed by atoms with E-state index in [1.54, 1.807) is 0 Å². The van der Waals surface area contributed by atoms with Crippen LogP contribution in [0.5, 0.6) is 0 Å². The molecule has 0 aromatic heterocycles. The van der Waals surface area contributed by atoms with E-state index in [1.165, 1.54) is 25.7 Å². The SMILES string of the molecule is C1CCOC1.CCCC(C)C. The molecule has 0 bridgehead atoms. The summed E-state index contributed by atoms with van der Waals surface area (Å²) in [6.45, 7) is 8.73. The molecule has 1 saturated heterocycles. The number of rotatable bonds is 2. The lowest BCUT2D eigenvalue weighted by molar-refractivity contribution is 0.198. The molecule has 1 heterocycles. The molecular weight excluding hydrogens is 136 g/mol. The highest BCUT2D eigenvalue weighted by molar-refractivity contribution is 4.43. The molecular formula is C10H22O. The van der Waals surface area contributed by atoms with Crippen molar-refractivity contribution in [1.82, 2.24) is 0 Å². The molecule has 0 radical (unpaired) electrons. The maximum atomic E-state index is 4.94. The van der Waals surface area contributed by atoms with E-state index in [1.807, 2.05) is 0 Å². The quantitative estimate of drug-likeness (QED) is 0.599. The number of hydrogen-bond donors (Lipinski definition) is 0. The van der Waals surface area contributed by atoms with Crippen molar-refractivity contribution in [1.29, 1.82) is 0 Å². The predicted molar refractivity (Wildman–Crippen MR) is 49.8 cm³/mol. The zero-order chi connectivity index (χ0) is 8.53. The summed E-state index contributed by atoms with van der Waals surface area (Å²) in [5.74, 6) is 0.898. The van der Waals surface area contributed by atoms with Crippen molar-refractivity contribution in [2.45, 2.75) is 46.5 Å². The lowest BCUT2D eigenvalue weighted by Crippen LogP contribution is -1.81. The van der Waals surface area contributed by atoms with Crippen LogP contribution in [0.2, 0.25) is 0 Å². The van der Waals surface area contributed by atoms with Gasteiger partial charge in [-0.3, -0.25) is 0 Å². The van der Waals surface area contributed by atoms with Gasteiger partial charge >= 0.3 is 0 Å². The van der Waals surface area contributed by atoms with Gasteiger partial charge in [0, 0.05) is 13.2 Å². The molecule has 1 rings (SSSR count). The van der Waals surface area contributed by atoms with E-state index in [0.717, 1.165) is 19.1 Å². The van der Waals surface area contributed by atoms with Gasteiger partial charge in [0.1, 0.15) is 0 Å². The normalized spacial score (nSPS) is 16.4. The zero-order valence-electron chi connectivity index (χ0n) is 8.23. The van der Waals surface area contributed by atoms with Gasteiger partial charge in [-0.05, 0) is 18.8 Å². The first kappa shape index (κ1) is 11.0. The molecule has 11 heavy (non-hydrogen) atoms.